The second kappa shape index (κ2) is 6.33. The number of rotatable bonds is 3. The molecule has 0 heterocycles. The van der Waals surface area contributed by atoms with Gasteiger partial charge in [-0.3, -0.25) is 4.99 Å². The van der Waals surface area contributed by atoms with Crippen LogP contribution in [-0.2, 0) is 0 Å². The van der Waals surface area contributed by atoms with Crippen molar-refractivity contribution in [1.82, 2.24) is 5.32 Å². The fourth-order valence-corrected chi connectivity index (χ4v) is 3.83. The maximum absolute atomic E-state index is 10.7. The van der Waals surface area contributed by atoms with Gasteiger partial charge in [-0.15, -0.1) is 0 Å². The first-order valence-corrected chi connectivity index (χ1v) is 8.18. The molecule has 0 aromatic rings. The number of hydrogen-bond donors (Lipinski definition) is 3. The van der Waals surface area contributed by atoms with E-state index >= 15 is 0 Å². The maximum atomic E-state index is 10.7. The Morgan fingerprint density at radius 1 is 1.20 bits per heavy atom. The number of hydrogen-bond acceptors (Lipinski definition) is 2. The molecule has 4 heteroatoms. The van der Waals surface area contributed by atoms with E-state index in [1.165, 1.54) is 38.5 Å². The molecule has 0 bridgehead atoms. The second-order valence-electron chi connectivity index (χ2n) is 7.60. The van der Waals surface area contributed by atoms with Gasteiger partial charge in [-0.05, 0) is 43.9 Å². The van der Waals surface area contributed by atoms with E-state index in [1.54, 1.807) is 0 Å². The van der Waals surface area contributed by atoms with E-state index in [0.29, 0.717) is 18.5 Å². The molecule has 2 aliphatic rings. The summed E-state index contributed by atoms with van der Waals surface area (Å²) in [6.45, 7) is 4.89. The van der Waals surface area contributed by atoms with Crippen molar-refractivity contribution in [3.05, 3.63) is 0 Å². The Kier molecular flexibility index (Phi) is 4.95. The number of guanidine groups is 1. The Morgan fingerprint density at radius 3 is 2.55 bits per heavy atom. The van der Waals surface area contributed by atoms with Crippen LogP contribution in [-0.4, -0.2) is 29.3 Å². The third kappa shape index (κ3) is 4.65. The predicted molar refractivity (Wildman–Crippen MR) is 83.7 cm³/mol. The molecule has 2 aliphatic carbocycles. The molecule has 1 unspecified atom stereocenters. The summed E-state index contributed by atoms with van der Waals surface area (Å²) < 4.78 is 0. The Labute approximate surface area is 123 Å². The lowest BCUT2D eigenvalue weighted by Crippen LogP contribution is -2.44. The van der Waals surface area contributed by atoms with Crippen LogP contribution < -0.4 is 11.1 Å². The molecule has 0 aromatic carbocycles. The van der Waals surface area contributed by atoms with Gasteiger partial charge in [0.15, 0.2) is 5.96 Å². The Hall–Kier alpha value is -0.770. The Balaban J connectivity index is 1.83. The van der Waals surface area contributed by atoms with Crippen LogP contribution in [0.5, 0.6) is 0 Å². The van der Waals surface area contributed by atoms with E-state index in [2.05, 4.69) is 24.2 Å². The number of aliphatic imine (C=N–C) groups is 1. The molecule has 116 valence electrons. The summed E-state index contributed by atoms with van der Waals surface area (Å²) >= 11 is 0. The van der Waals surface area contributed by atoms with Gasteiger partial charge in [0.25, 0.3) is 0 Å². The highest BCUT2D eigenvalue weighted by atomic mass is 16.3. The number of aliphatic hydroxyl groups is 1. The van der Waals surface area contributed by atoms with Gasteiger partial charge in [-0.2, -0.15) is 0 Å². The fraction of sp³-hybridized carbons (Fsp3) is 0.938. The van der Waals surface area contributed by atoms with Crippen molar-refractivity contribution in [2.24, 2.45) is 16.1 Å². The van der Waals surface area contributed by atoms with E-state index in [1.807, 2.05) is 0 Å². The van der Waals surface area contributed by atoms with Crippen molar-refractivity contribution < 1.29 is 5.11 Å². The van der Waals surface area contributed by atoms with Gasteiger partial charge in [0, 0.05) is 6.04 Å². The summed E-state index contributed by atoms with van der Waals surface area (Å²) in [5.74, 6) is 0.508. The van der Waals surface area contributed by atoms with Crippen LogP contribution in [0.4, 0.5) is 0 Å². The van der Waals surface area contributed by atoms with E-state index in [4.69, 9.17) is 5.73 Å². The smallest absolute Gasteiger partial charge is 0.188 e. The van der Waals surface area contributed by atoms with E-state index in [-0.39, 0.29) is 5.41 Å². The van der Waals surface area contributed by atoms with Gasteiger partial charge in [0.2, 0.25) is 0 Å². The molecule has 2 fully saturated rings. The summed E-state index contributed by atoms with van der Waals surface area (Å²) in [7, 11) is 0. The zero-order valence-corrected chi connectivity index (χ0v) is 13.1. The first-order valence-electron chi connectivity index (χ1n) is 8.18. The predicted octanol–water partition coefficient (Wildman–Crippen LogP) is 2.55. The van der Waals surface area contributed by atoms with E-state index in [0.717, 1.165) is 19.3 Å². The minimum absolute atomic E-state index is 0.216. The Bertz CT molecular complexity index is 348. The first-order chi connectivity index (χ1) is 9.39. The van der Waals surface area contributed by atoms with Crippen molar-refractivity contribution in [3.63, 3.8) is 0 Å². The van der Waals surface area contributed by atoms with Crippen LogP contribution in [0.1, 0.15) is 71.6 Å². The van der Waals surface area contributed by atoms with Gasteiger partial charge in [0.05, 0.1) is 12.1 Å². The average molecular weight is 281 g/mol. The van der Waals surface area contributed by atoms with Gasteiger partial charge in [0.1, 0.15) is 0 Å². The highest BCUT2D eigenvalue weighted by Crippen LogP contribution is 2.40. The minimum atomic E-state index is -0.666. The van der Waals surface area contributed by atoms with Crippen LogP contribution in [0, 0.1) is 5.41 Å². The molecule has 20 heavy (non-hydrogen) atoms. The number of nitrogens with zero attached hydrogens (tertiary/aromatic N) is 1. The summed E-state index contributed by atoms with van der Waals surface area (Å²) in [5.41, 5.74) is 5.53. The molecule has 0 spiro atoms. The summed E-state index contributed by atoms with van der Waals surface area (Å²) in [5, 5.41) is 14.0. The summed E-state index contributed by atoms with van der Waals surface area (Å²) in [6.07, 6.45) is 10.2. The zero-order chi connectivity index (χ0) is 14.6. The average Bonchev–Trinajstić information content (AvgIpc) is 2.36. The van der Waals surface area contributed by atoms with Crippen molar-refractivity contribution in [1.29, 1.82) is 0 Å². The SMILES string of the molecule is CC1(C)CCCC(O)(CN=C(N)NC2CCCCC2)C1. The number of nitrogens with two attached hydrogens (primary N) is 1. The lowest BCUT2D eigenvalue weighted by molar-refractivity contribution is -0.0307. The molecule has 0 aliphatic heterocycles. The normalized spacial score (nSPS) is 32.0. The van der Waals surface area contributed by atoms with E-state index in [9.17, 15) is 5.11 Å². The van der Waals surface area contributed by atoms with Crippen LogP contribution in [0.2, 0.25) is 0 Å². The molecule has 2 saturated carbocycles. The molecule has 0 aromatic heterocycles. The zero-order valence-electron chi connectivity index (χ0n) is 13.1. The Morgan fingerprint density at radius 2 is 1.90 bits per heavy atom. The highest BCUT2D eigenvalue weighted by molar-refractivity contribution is 5.78. The topological polar surface area (TPSA) is 70.6 Å². The molecule has 0 radical (unpaired) electrons. The van der Waals surface area contributed by atoms with Gasteiger partial charge >= 0.3 is 0 Å². The second-order valence-corrected chi connectivity index (χ2v) is 7.60. The van der Waals surface area contributed by atoms with Gasteiger partial charge in [-0.25, -0.2) is 0 Å². The molecular weight excluding hydrogens is 250 g/mol. The molecule has 0 saturated heterocycles. The molecule has 2 rings (SSSR count). The summed E-state index contributed by atoms with van der Waals surface area (Å²) in [6, 6.07) is 0.477. The van der Waals surface area contributed by atoms with Gasteiger partial charge < -0.3 is 16.2 Å². The minimum Gasteiger partial charge on any atom is -0.388 e. The van der Waals surface area contributed by atoms with Crippen LogP contribution in [0.15, 0.2) is 4.99 Å². The van der Waals surface area contributed by atoms with Crippen molar-refractivity contribution in [3.8, 4) is 0 Å². The van der Waals surface area contributed by atoms with Crippen molar-refractivity contribution >= 4 is 5.96 Å². The first kappa shape index (κ1) is 15.6. The third-order valence-corrected chi connectivity index (χ3v) is 4.80. The molecule has 4 nitrogen and oxygen atoms in total. The molecule has 1 atom stereocenters. The number of nitrogens with one attached hydrogen (secondary N) is 1. The van der Waals surface area contributed by atoms with Crippen molar-refractivity contribution in [2.75, 3.05) is 6.54 Å². The fourth-order valence-electron chi connectivity index (χ4n) is 3.83. The van der Waals surface area contributed by atoms with Crippen molar-refractivity contribution in [2.45, 2.75) is 83.3 Å². The van der Waals surface area contributed by atoms with Crippen LogP contribution in [0.25, 0.3) is 0 Å². The van der Waals surface area contributed by atoms with Crippen LogP contribution in [0.3, 0.4) is 0 Å². The van der Waals surface area contributed by atoms with Crippen LogP contribution >= 0.6 is 0 Å². The van der Waals surface area contributed by atoms with E-state index < -0.39 is 5.60 Å². The molecular formula is C16H31N3O. The third-order valence-electron chi connectivity index (χ3n) is 4.80. The standard InChI is InChI=1S/C16H31N3O/c1-15(2)9-6-10-16(20,11-15)12-18-14(17)19-13-7-4-3-5-8-13/h13,20H,3-12H2,1-2H3,(H3,17,18,19). The maximum Gasteiger partial charge on any atom is 0.188 e. The summed E-state index contributed by atoms with van der Waals surface area (Å²) in [4.78, 5) is 4.41. The lowest BCUT2D eigenvalue weighted by Gasteiger charge is -2.40. The monoisotopic (exact) mass is 281 g/mol. The molecule has 0 amide bonds. The highest BCUT2D eigenvalue weighted by Gasteiger charge is 2.38. The quantitative estimate of drug-likeness (QED) is 0.550. The molecule has 4 N–H and O–H groups in total. The largest absolute Gasteiger partial charge is 0.388 e. The van der Waals surface area contributed by atoms with Gasteiger partial charge in [-0.1, -0.05) is 33.1 Å². The lowest BCUT2D eigenvalue weighted by atomic mass is 9.70.